The van der Waals surface area contributed by atoms with E-state index in [9.17, 15) is 18.0 Å². The zero-order chi connectivity index (χ0) is 11.5. The maximum absolute atomic E-state index is 11.8. The van der Waals surface area contributed by atoms with Gasteiger partial charge < -0.3 is 5.73 Å². The molecule has 1 aromatic rings. The van der Waals surface area contributed by atoms with Gasteiger partial charge in [-0.15, -0.1) is 0 Å². The first-order valence-corrected chi connectivity index (χ1v) is 4.29. The molecule has 0 amide bonds. The molecule has 0 saturated carbocycles. The van der Waals surface area contributed by atoms with E-state index in [-0.39, 0.29) is 24.2 Å². The molecule has 0 unspecified atom stereocenters. The van der Waals surface area contributed by atoms with Crippen molar-refractivity contribution in [1.82, 2.24) is 10.2 Å². The Hall–Kier alpha value is -1.53. The van der Waals surface area contributed by atoms with Gasteiger partial charge in [0.1, 0.15) is 5.82 Å². The fourth-order valence-corrected chi connectivity index (χ4v) is 1.10. The first kappa shape index (κ1) is 11.5. The smallest absolute Gasteiger partial charge is 0.383 e. The Morgan fingerprint density at radius 2 is 2.20 bits per heavy atom. The number of nitrogens with two attached hydrogens (primary N) is 1. The van der Waals surface area contributed by atoms with Gasteiger partial charge in [0, 0.05) is 12.8 Å². The summed E-state index contributed by atoms with van der Waals surface area (Å²) in [6, 6.07) is 0. The van der Waals surface area contributed by atoms with E-state index in [4.69, 9.17) is 5.73 Å². The second-order valence-electron chi connectivity index (χ2n) is 3.09. The number of Topliss-reactive ketones (excluding diaryl/α,β-unsaturated/α-hetero) is 1. The highest BCUT2D eigenvalue weighted by Crippen LogP contribution is 2.23. The minimum Gasteiger partial charge on any atom is -0.383 e. The Morgan fingerprint density at radius 1 is 1.53 bits per heavy atom. The van der Waals surface area contributed by atoms with Gasteiger partial charge in [-0.05, 0) is 6.42 Å². The van der Waals surface area contributed by atoms with Gasteiger partial charge in [-0.25, -0.2) is 0 Å². The number of aromatic nitrogens is 2. The number of nitrogens with one attached hydrogen (secondary N) is 1. The molecule has 15 heavy (non-hydrogen) atoms. The summed E-state index contributed by atoms with van der Waals surface area (Å²) in [5.74, 6) is -0.336. The van der Waals surface area contributed by atoms with Gasteiger partial charge in [0.2, 0.25) is 0 Å². The summed E-state index contributed by atoms with van der Waals surface area (Å²) in [5.41, 5.74) is 5.49. The Labute approximate surface area is 83.7 Å². The highest BCUT2D eigenvalue weighted by molar-refractivity contribution is 5.99. The Balaban J connectivity index is 2.41. The maximum atomic E-state index is 11.8. The Bertz CT molecular complexity index is 345. The first-order valence-electron chi connectivity index (χ1n) is 4.29. The third kappa shape index (κ3) is 3.61. The van der Waals surface area contributed by atoms with Crippen LogP contribution < -0.4 is 5.73 Å². The molecule has 7 heteroatoms. The Kier molecular flexibility index (Phi) is 3.33. The molecule has 1 rings (SSSR count). The number of nitrogens with zero attached hydrogens (tertiary/aromatic N) is 1. The van der Waals surface area contributed by atoms with Crippen molar-refractivity contribution < 1.29 is 18.0 Å². The standard InChI is InChI=1S/C8H10F3N3O/c9-8(10,11)3-1-2-6(15)5-4-13-14-7(5)12/h4H,1-3H2,(H3,12,13,14). The van der Waals surface area contributed by atoms with Crippen molar-refractivity contribution in [3.05, 3.63) is 11.8 Å². The number of anilines is 1. The molecule has 0 aromatic carbocycles. The molecule has 3 N–H and O–H groups in total. The summed E-state index contributed by atoms with van der Waals surface area (Å²) in [5, 5.41) is 5.85. The van der Waals surface area contributed by atoms with E-state index in [2.05, 4.69) is 10.2 Å². The molecule has 0 aliphatic rings. The lowest BCUT2D eigenvalue weighted by molar-refractivity contribution is -0.135. The largest absolute Gasteiger partial charge is 0.389 e. The predicted molar refractivity (Wildman–Crippen MR) is 47.2 cm³/mol. The minimum atomic E-state index is -4.22. The van der Waals surface area contributed by atoms with E-state index in [0.717, 1.165) is 0 Å². The number of ketones is 1. The molecule has 84 valence electrons. The van der Waals surface area contributed by atoms with Crippen LogP contribution in [-0.2, 0) is 0 Å². The summed E-state index contributed by atoms with van der Waals surface area (Å²) >= 11 is 0. The lowest BCUT2D eigenvalue weighted by Gasteiger charge is -2.04. The topological polar surface area (TPSA) is 71.8 Å². The maximum Gasteiger partial charge on any atom is 0.389 e. The third-order valence-corrected chi connectivity index (χ3v) is 1.83. The second kappa shape index (κ2) is 4.33. The van der Waals surface area contributed by atoms with Crippen molar-refractivity contribution in [3.63, 3.8) is 0 Å². The van der Waals surface area contributed by atoms with Crippen LogP contribution in [0.15, 0.2) is 6.20 Å². The van der Waals surface area contributed by atoms with E-state index in [1.54, 1.807) is 0 Å². The van der Waals surface area contributed by atoms with Crippen LogP contribution in [0.25, 0.3) is 0 Å². The highest BCUT2D eigenvalue weighted by Gasteiger charge is 2.26. The van der Waals surface area contributed by atoms with E-state index in [1.165, 1.54) is 6.20 Å². The number of hydrogen-bond acceptors (Lipinski definition) is 3. The van der Waals surface area contributed by atoms with Crippen molar-refractivity contribution in [1.29, 1.82) is 0 Å². The van der Waals surface area contributed by atoms with Crippen molar-refractivity contribution in [2.24, 2.45) is 0 Å². The fourth-order valence-electron chi connectivity index (χ4n) is 1.10. The number of aromatic amines is 1. The van der Waals surface area contributed by atoms with Crippen molar-refractivity contribution in [3.8, 4) is 0 Å². The van der Waals surface area contributed by atoms with Crippen LogP contribution in [0.3, 0.4) is 0 Å². The number of carbonyl (C=O) groups excluding carboxylic acids is 1. The van der Waals surface area contributed by atoms with Gasteiger partial charge in [-0.2, -0.15) is 18.3 Å². The molecular weight excluding hydrogens is 211 g/mol. The van der Waals surface area contributed by atoms with E-state index >= 15 is 0 Å². The molecule has 0 fully saturated rings. The van der Waals surface area contributed by atoms with Crippen molar-refractivity contribution in [2.45, 2.75) is 25.4 Å². The summed E-state index contributed by atoms with van der Waals surface area (Å²) in [7, 11) is 0. The van der Waals surface area contributed by atoms with Crippen LogP contribution in [0.1, 0.15) is 29.6 Å². The van der Waals surface area contributed by atoms with Crippen molar-refractivity contribution >= 4 is 11.6 Å². The number of nitrogen functional groups attached to an aromatic ring is 1. The van der Waals surface area contributed by atoms with Crippen LogP contribution in [0, 0.1) is 0 Å². The van der Waals surface area contributed by atoms with E-state index in [1.807, 2.05) is 0 Å². The molecular formula is C8H10F3N3O. The summed E-state index contributed by atoms with van der Waals surface area (Å²) in [4.78, 5) is 11.3. The zero-order valence-corrected chi connectivity index (χ0v) is 7.77. The molecule has 4 nitrogen and oxygen atoms in total. The van der Waals surface area contributed by atoms with Gasteiger partial charge in [-0.3, -0.25) is 9.89 Å². The Morgan fingerprint density at radius 3 is 2.67 bits per heavy atom. The fraction of sp³-hybridized carbons (Fsp3) is 0.500. The number of rotatable bonds is 4. The van der Waals surface area contributed by atoms with Crippen molar-refractivity contribution in [2.75, 3.05) is 5.73 Å². The van der Waals surface area contributed by atoms with Crippen LogP contribution in [-0.4, -0.2) is 22.2 Å². The summed E-state index contributed by atoms with van der Waals surface area (Å²) in [6.45, 7) is 0. The van der Waals surface area contributed by atoms with Crippen LogP contribution >= 0.6 is 0 Å². The van der Waals surface area contributed by atoms with E-state index < -0.39 is 18.4 Å². The van der Waals surface area contributed by atoms with Crippen LogP contribution in [0.2, 0.25) is 0 Å². The normalized spacial score (nSPS) is 11.7. The molecule has 0 aliphatic carbocycles. The van der Waals surface area contributed by atoms with Gasteiger partial charge in [0.05, 0.1) is 11.8 Å². The highest BCUT2D eigenvalue weighted by atomic mass is 19.4. The number of carbonyl (C=O) groups is 1. The van der Waals surface area contributed by atoms with Gasteiger partial charge in [0.25, 0.3) is 0 Å². The van der Waals surface area contributed by atoms with Crippen LogP contribution in [0.4, 0.5) is 19.0 Å². The molecule has 0 saturated heterocycles. The number of alkyl halides is 3. The average molecular weight is 221 g/mol. The quantitative estimate of drug-likeness (QED) is 0.763. The lowest BCUT2D eigenvalue weighted by Crippen LogP contribution is -2.09. The molecule has 0 atom stereocenters. The summed E-state index contributed by atoms with van der Waals surface area (Å²) < 4.78 is 35.3. The number of halogens is 3. The molecule has 0 aliphatic heterocycles. The second-order valence-corrected chi connectivity index (χ2v) is 3.09. The molecule has 0 bridgehead atoms. The third-order valence-electron chi connectivity index (χ3n) is 1.83. The van der Waals surface area contributed by atoms with Gasteiger partial charge in [-0.1, -0.05) is 0 Å². The lowest BCUT2D eigenvalue weighted by atomic mass is 10.1. The molecule has 0 radical (unpaired) electrons. The van der Waals surface area contributed by atoms with Gasteiger partial charge >= 0.3 is 6.18 Å². The van der Waals surface area contributed by atoms with Crippen LogP contribution in [0.5, 0.6) is 0 Å². The zero-order valence-electron chi connectivity index (χ0n) is 7.77. The molecule has 1 heterocycles. The SMILES string of the molecule is Nc1[nH]ncc1C(=O)CCCC(F)(F)F. The minimum absolute atomic E-state index is 0.0898. The average Bonchev–Trinajstić information content (AvgIpc) is 2.48. The van der Waals surface area contributed by atoms with E-state index in [0.29, 0.717) is 0 Å². The number of hydrogen-bond donors (Lipinski definition) is 2. The first-order chi connectivity index (χ1) is 6.90. The molecule has 0 spiro atoms. The summed E-state index contributed by atoms with van der Waals surface area (Å²) in [6.07, 6.45) is -4.37. The predicted octanol–water partition coefficient (Wildman–Crippen LogP) is 1.91. The molecule has 1 aromatic heterocycles. The monoisotopic (exact) mass is 221 g/mol. The number of H-pyrrole nitrogens is 1. The van der Waals surface area contributed by atoms with Gasteiger partial charge in [0.15, 0.2) is 5.78 Å².